The van der Waals surface area contributed by atoms with Crippen LogP contribution in [0.4, 0.5) is 11.4 Å². The second kappa shape index (κ2) is 7.75. The summed E-state index contributed by atoms with van der Waals surface area (Å²) in [4.78, 5) is 34.0. The SMILES string of the molecule is Cc1nn(CC(=O)OCC(=O)Nc2ccccc2Cl)c(C)c1[N+](=O)[O-]. The fraction of sp³-hybridized carbons (Fsp3) is 0.267. The first-order valence-corrected chi connectivity index (χ1v) is 7.55. The van der Waals surface area contributed by atoms with E-state index < -0.39 is 23.4 Å². The Labute approximate surface area is 147 Å². The van der Waals surface area contributed by atoms with E-state index in [1.807, 2.05) is 0 Å². The maximum atomic E-state index is 11.8. The molecular weight excluding hydrogens is 352 g/mol. The van der Waals surface area contributed by atoms with Gasteiger partial charge in [-0.15, -0.1) is 0 Å². The maximum Gasteiger partial charge on any atom is 0.328 e. The van der Waals surface area contributed by atoms with Gasteiger partial charge in [-0.05, 0) is 26.0 Å². The molecule has 0 fully saturated rings. The molecule has 132 valence electrons. The van der Waals surface area contributed by atoms with E-state index in [1.54, 1.807) is 24.3 Å². The monoisotopic (exact) mass is 366 g/mol. The Balaban J connectivity index is 1.91. The van der Waals surface area contributed by atoms with Crippen LogP contribution in [0, 0.1) is 24.0 Å². The average molecular weight is 367 g/mol. The van der Waals surface area contributed by atoms with Gasteiger partial charge in [-0.3, -0.25) is 24.4 Å². The second-order valence-corrected chi connectivity index (χ2v) is 5.53. The molecule has 25 heavy (non-hydrogen) atoms. The molecule has 10 heteroatoms. The highest BCUT2D eigenvalue weighted by Crippen LogP contribution is 2.22. The molecule has 2 rings (SSSR count). The lowest BCUT2D eigenvalue weighted by Gasteiger charge is -2.08. The number of nitrogens with one attached hydrogen (secondary N) is 1. The topological polar surface area (TPSA) is 116 Å². The van der Waals surface area contributed by atoms with E-state index in [9.17, 15) is 19.7 Å². The number of aryl methyl sites for hydroxylation is 1. The first-order valence-electron chi connectivity index (χ1n) is 7.18. The predicted octanol–water partition coefficient (Wildman–Crippen LogP) is 2.24. The van der Waals surface area contributed by atoms with Crippen molar-refractivity contribution in [1.29, 1.82) is 0 Å². The summed E-state index contributed by atoms with van der Waals surface area (Å²) in [6, 6.07) is 6.63. The molecule has 1 amide bonds. The number of hydrogen-bond acceptors (Lipinski definition) is 6. The molecule has 0 aliphatic rings. The van der Waals surface area contributed by atoms with Crippen molar-refractivity contribution in [2.45, 2.75) is 20.4 Å². The molecule has 0 aliphatic heterocycles. The van der Waals surface area contributed by atoms with Crippen molar-refractivity contribution >= 4 is 34.9 Å². The van der Waals surface area contributed by atoms with Gasteiger partial charge in [-0.2, -0.15) is 5.10 Å². The van der Waals surface area contributed by atoms with E-state index in [-0.39, 0.29) is 23.6 Å². The predicted molar refractivity (Wildman–Crippen MR) is 89.4 cm³/mol. The van der Waals surface area contributed by atoms with Crippen molar-refractivity contribution in [3.8, 4) is 0 Å². The first kappa shape index (κ1) is 18.4. The van der Waals surface area contributed by atoms with Crippen molar-refractivity contribution < 1.29 is 19.2 Å². The summed E-state index contributed by atoms with van der Waals surface area (Å²) in [5, 5.41) is 17.7. The molecule has 0 saturated heterocycles. The quantitative estimate of drug-likeness (QED) is 0.476. The minimum absolute atomic E-state index is 0.149. The number of aromatic nitrogens is 2. The zero-order chi connectivity index (χ0) is 18.6. The summed E-state index contributed by atoms with van der Waals surface area (Å²) in [7, 11) is 0. The Morgan fingerprint density at radius 3 is 2.64 bits per heavy atom. The molecule has 0 spiro atoms. The lowest BCUT2D eigenvalue weighted by molar-refractivity contribution is -0.386. The van der Waals surface area contributed by atoms with Gasteiger partial charge in [-0.25, -0.2) is 0 Å². The van der Waals surface area contributed by atoms with Gasteiger partial charge in [0, 0.05) is 0 Å². The van der Waals surface area contributed by atoms with Crippen molar-refractivity contribution in [3.05, 3.63) is 50.8 Å². The molecule has 2 aromatic rings. The summed E-state index contributed by atoms with van der Waals surface area (Å²) >= 11 is 5.91. The van der Waals surface area contributed by atoms with Crippen LogP contribution in [-0.2, 0) is 20.9 Å². The number of anilines is 1. The number of carbonyl (C=O) groups is 2. The minimum atomic E-state index is -0.741. The number of hydrogen-bond donors (Lipinski definition) is 1. The summed E-state index contributed by atoms with van der Waals surface area (Å²) in [5.41, 5.74) is 0.690. The minimum Gasteiger partial charge on any atom is -0.454 e. The van der Waals surface area contributed by atoms with Crippen molar-refractivity contribution in [3.63, 3.8) is 0 Å². The summed E-state index contributed by atoms with van der Waals surface area (Å²) in [5.74, 6) is -1.30. The third-order valence-corrected chi connectivity index (χ3v) is 3.65. The number of amides is 1. The Morgan fingerprint density at radius 1 is 1.36 bits per heavy atom. The van der Waals surface area contributed by atoms with Gasteiger partial charge in [0.15, 0.2) is 6.61 Å². The molecule has 0 aliphatic carbocycles. The van der Waals surface area contributed by atoms with Crippen molar-refractivity contribution in [1.82, 2.24) is 9.78 Å². The molecule has 0 unspecified atom stereocenters. The van der Waals surface area contributed by atoms with Gasteiger partial charge in [-0.1, -0.05) is 23.7 Å². The van der Waals surface area contributed by atoms with E-state index in [0.717, 1.165) is 0 Å². The normalized spacial score (nSPS) is 10.4. The molecule has 0 radical (unpaired) electrons. The van der Waals surface area contributed by atoms with Gasteiger partial charge in [0.1, 0.15) is 17.9 Å². The Morgan fingerprint density at radius 2 is 2.04 bits per heavy atom. The lowest BCUT2D eigenvalue weighted by atomic mass is 10.3. The number of nitro groups is 1. The number of ether oxygens (including phenoxy) is 1. The molecule has 0 atom stereocenters. The van der Waals surface area contributed by atoms with E-state index in [4.69, 9.17) is 16.3 Å². The summed E-state index contributed by atoms with van der Waals surface area (Å²) < 4.78 is 6.03. The number of nitrogens with zero attached hydrogens (tertiary/aromatic N) is 3. The number of esters is 1. The third-order valence-electron chi connectivity index (χ3n) is 3.32. The highest BCUT2D eigenvalue weighted by Gasteiger charge is 2.23. The van der Waals surface area contributed by atoms with Crippen LogP contribution in [0.5, 0.6) is 0 Å². The van der Waals surface area contributed by atoms with Crippen LogP contribution in [0.1, 0.15) is 11.4 Å². The van der Waals surface area contributed by atoms with Gasteiger partial charge in [0.2, 0.25) is 0 Å². The van der Waals surface area contributed by atoms with Crippen LogP contribution in [0.2, 0.25) is 5.02 Å². The molecule has 0 saturated carbocycles. The zero-order valence-corrected chi connectivity index (χ0v) is 14.2. The number of halogens is 1. The molecule has 1 heterocycles. The Bertz CT molecular complexity index is 833. The largest absolute Gasteiger partial charge is 0.454 e. The number of carbonyl (C=O) groups excluding carboxylic acids is 2. The van der Waals surface area contributed by atoms with E-state index >= 15 is 0 Å². The van der Waals surface area contributed by atoms with Crippen LogP contribution in [0.3, 0.4) is 0 Å². The first-order chi connectivity index (χ1) is 11.8. The number of para-hydroxylation sites is 1. The fourth-order valence-corrected chi connectivity index (χ4v) is 2.35. The smallest absolute Gasteiger partial charge is 0.328 e. The molecular formula is C15H15ClN4O5. The van der Waals surface area contributed by atoms with Crippen LogP contribution < -0.4 is 5.32 Å². The number of benzene rings is 1. The molecule has 9 nitrogen and oxygen atoms in total. The zero-order valence-electron chi connectivity index (χ0n) is 13.5. The highest BCUT2D eigenvalue weighted by atomic mass is 35.5. The van der Waals surface area contributed by atoms with Crippen LogP contribution >= 0.6 is 11.6 Å². The lowest BCUT2D eigenvalue weighted by Crippen LogP contribution is -2.23. The van der Waals surface area contributed by atoms with Gasteiger partial charge in [0.05, 0.1) is 15.6 Å². The molecule has 0 bridgehead atoms. The third kappa shape index (κ3) is 4.54. The number of rotatable bonds is 6. The maximum absolute atomic E-state index is 11.8. The second-order valence-electron chi connectivity index (χ2n) is 5.12. The summed E-state index contributed by atoms with van der Waals surface area (Å²) in [6.45, 7) is 2.12. The van der Waals surface area contributed by atoms with Gasteiger partial charge >= 0.3 is 11.7 Å². The van der Waals surface area contributed by atoms with E-state index in [1.165, 1.54) is 18.5 Å². The van der Waals surface area contributed by atoms with Gasteiger partial charge in [0.25, 0.3) is 5.91 Å². The van der Waals surface area contributed by atoms with E-state index in [0.29, 0.717) is 10.7 Å². The van der Waals surface area contributed by atoms with Crippen molar-refractivity contribution in [2.75, 3.05) is 11.9 Å². The van der Waals surface area contributed by atoms with Crippen LogP contribution in [0.25, 0.3) is 0 Å². The Kier molecular flexibility index (Phi) is 5.71. The van der Waals surface area contributed by atoms with Crippen LogP contribution in [-0.4, -0.2) is 33.2 Å². The molecule has 1 N–H and O–H groups in total. The summed E-state index contributed by atoms with van der Waals surface area (Å²) in [6.07, 6.45) is 0. The molecule has 1 aromatic carbocycles. The van der Waals surface area contributed by atoms with Gasteiger partial charge < -0.3 is 10.1 Å². The Hall–Kier alpha value is -2.94. The average Bonchev–Trinajstić information content (AvgIpc) is 2.81. The van der Waals surface area contributed by atoms with E-state index in [2.05, 4.69) is 10.4 Å². The highest BCUT2D eigenvalue weighted by molar-refractivity contribution is 6.33. The molecule has 1 aromatic heterocycles. The standard InChI is InChI=1S/C15H15ClN4O5/c1-9-15(20(23)24)10(2)19(18-9)7-14(22)25-8-13(21)17-12-6-4-3-5-11(12)16/h3-6H,7-8H2,1-2H3,(H,17,21). The fourth-order valence-electron chi connectivity index (χ4n) is 2.17. The van der Waals surface area contributed by atoms with Crippen molar-refractivity contribution in [2.24, 2.45) is 0 Å². The van der Waals surface area contributed by atoms with Crippen LogP contribution in [0.15, 0.2) is 24.3 Å².